The molecule has 0 aromatic heterocycles. The second-order valence-corrected chi connectivity index (χ2v) is 10.8. The fourth-order valence-corrected chi connectivity index (χ4v) is 4.40. The highest BCUT2D eigenvalue weighted by Crippen LogP contribution is 2.41. The van der Waals surface area contributed by atoms with Gasteiger partial charge in [0.05, 0.1) is 0 Å². The summed E-state index contributed by atoms with van der Waals surface area (Å²) in [6.45, 7) is 9.62. The van der Waals surface area contributed by atoms with Crippen molar-refractivity contribution < 1.29 is 19.1 Å². The molecule has 8 heteroatoms. The Balaban J connectivity index is 1.92. The fourth-order valence-electron chi connectivity index (χ4n) is 4.15. The van der Waals surface area contributed by atoms with E-state index in [2.05, 4.69) is 30.2 Å². The van der Waals surface area contributed by atoms with Crippen LogP contribution in [-0.2, 0) is 20.9 Å². The molecule has 0 radical (unpaired) electrons. The summed E-state index contributed by atoms with van der Waals surface area (Å²) in [7, 11) is 0. The van der Waals surface area contributed by atoms with Crippen molar-refractivity contribution in [3.8, 4) is 0 Å². The molecule has 0 spiro atoms. The van der Waals surface area contributed by atoms with Crippen molar-refractivity contribution >= 4 is 30.5 Å². The molecule has 36 heavy (non-hydrogen) atoms. The van der Waals surface area contributed by atoms with Crippen molar-refractivity contribution in [2.45, 2.75) is 71.3 Å². The molecule has 0 bridgehead atoms. The van der Waals surface area contributed by atoms with Crippen LogP contribution in [0.1, 0.15) is 56.8 Å². The van der Waals surface area contributed by atoms with E-state index >= 15 is 0 Å². The number of nitrogens with one attached hydrogen (secondary N) is 2. The Morgan fingerprint density at radius 1 is 1.11 bits per heavy atom. The monoisotopic (exact) mass is 511 g/mol. The lowest BCUT2D eigenvalue weighted by atomic mass is 10.0. The van der Waals surface area contributed by atoms with Crippen molar-refractivity contribution in [3.63, 3.8) is 0 Å². The van der Waals surface area contributed by atoms with E-state index in [4.69, 9.17) is 4.74 Å². The van der Waals surface area contributed by atoms with E-state index in [-0.39, 0.29) is 29.5 Å². The molecule has 1 fully saturated rings. The number of hydrogen-bond acceptors (Lipinski definition) is 5. The molecular weight excluding hydrogens is 474 g/mol. The normalized spacial score (nSPS) is 18.5. The van der Waals surface area contributed by atoms with Crippen LogP contribution in [0.15, 0.2) is 54.6 Å². The first-order chi connectivity index (χ1) is 17.0. The van der Waals surface area contributed by atoms with Gasteiger partial charge in [0.25, 0.3) is 0 Å². The van der Waals surface area contributed by atoms with Crippen molar-refractivity contribution in [2.24, 2.45) is 5.92 Å². The summed E-state index contributed by atoms with van der Waals surface area (Å²) >= 11 is 4.34. The molecule has 4 atom stereocenters. The highest BCUT2D eigenvalue weighted by Gasteiger charge is 2.48. The van der Waals surface area contributed by atoms with Crippen LogP contribution in [0.5, 0.6) is 0 Å². The van der Waals surface area contributed by atoms with Gasteiger partial charge in [-0.1, -0.05) is 67.1 Å². The van der Waals surface area contributed by atoms with Gasteiger partial charge in [0.1, 0.15) is 17.7 Å². The molecule has 2 aromatic rings. The van der Waals surface area contributed by atoms with Gasteiger partial charge in [0.2, 0.25) is 11.8 Å². The molecule has 0 heterocycles. The third-order valence-corrected chi connectivity index (χ3v) is 6.41. The Morgan fingerprint density at radius 2 is 1.78 bits per heavy atom. The van der Waals surface area contributed by atoms with Crippen LogP contribution < -0.4 is 10.6 Å². The largest absolute Gasteiger partial charge is 0.444 e. The van der Waals surface area contributed by atoms with E-state index < -0.39 is 23.8 Å². The van der Waals surface area contributed by atoms with E-state index in [0.717, 1.165) is 23.1 Å². The number of hydrogen-bond donors (Lipinski definition) is 3. The molecule has 0 aliphatic heterocycles. The predicted octanol–water partition coefficient (Wildman–Crippen LogP) is 4.41. The highest BCUT2D eigenvalue weighted by molar-refractivity contribution is 7.80. The minimum absolute atomic E-state index is 0.0713. The molecule has 0 saturated heterocycles. The van der Waals surface area contributed by atoms with E-state index in [1.54, 1.807) is 25.7 Å². The first-order valence-electron chi connectivity index (χ1n) is 12.3. The van der Waals surface area contributed by atoms with Crippen LogP contribution in [0.4, 0.5) is 4.79 Å². The molecular formula is C28H37N3O4S. The smallest absolute Gasteiger partial charge is 0.408 e. The second kappa shape index (κ2) is 11.8. The minimum Gasteiger partial charge on any atom is -0.444 e. The first kappa shape index (κ1) is 27.6. The lowest BCUT2D eigenvalue weighted by Crippen LogP contribution is -2.54. The average Bonchev–Trinajstić information content (AvgIpc) is 3.54. The van der Waals surface area contributed by atoms with Gasteiger partial charge in [-0.05, 0) is 51.2 Å². The van der Waals surface area contributed by atoms with Gasteiger partial charge in [-0.2, -0.15) is 12.6 Å². The topological polar surface area (TPSA) is 87.7 Å². The summed E-state index contributed by atoms with van der Waals surface area (Å²) in [5, 5.41) is 5.67. The number of aryl methyl sites for hydroxylation is 1. The number of rotatable bonds is 9. The maximum absolute atomic E-state index is 13.9. The molecule has 1 aliphatic rings. The van der Waals surface area contributed by atoms with Crippen molar-refractivity contribution in [1.29, 1.82) is 0 Å². The van der Waals surface area contributed by atoms with E-state index in [0.29, 0.717) is 6.54 Å². The number of ether oxygens (including phenoxy) is 1. The highest BCUT2D eigenvalue weighted by atomic mass is 32.1. The average molecular weight is 512 g/mol. The summed E-state index contributed by atoms with van der Waals surface area (Å²) in [6.07, 6.45) is 0.0884. The second-order valence-electron chi connectivity index (χ2n) is 10.4. The third kappa shape index (κ3) is 7.50. The predicted molar refractivity (Wildman–Crippen MR) is 144 cm³/mol. The van der Waals surface area contributed by atoms with E-state index in [1.807, 2.05) is 61.5 Å². The maximum atomic E-state index is 13.9. The van der Waals surface area contributed by atoms with Crippen LogP contribution in [-0.4, -0.2) is 46.2 Å². The Kier molecular flexibility index (Phi) is 9.06. The number of nitrogens with zero attached hydrogens (tertiary/aromatic N) is 1. The summed E-state index contributed by atoms with van der Waals surface area (Å²) in [5.41, 5.74) is 1.97. The SMILES string of the molecule is Cc1cccc(C(C(=O)NCc2ccccc2)N(C(=O)C(CS)NC(=O)OC(C)(C)C)C2CC2C)c1. The van der Waals surface area contributed by atoms with Gasteiger partial charge in [-0.3, -0.25) is 9.59 Å². The van der Waals surface area contributed by atoms with Crippen molar-refractivity contribution in [2.75, 3.05) is 5.75 Å². The molecule has 4 unspecified atom stereocenters. The Bertz CT molecular complexity index is 1070. The molecule has 2 N–H and O–H groups in total. The summed E-state index contributed by atoms with van der Waals surface area (Å²) in [6, 6.07) is 15.4. The van der Waals surface area contributed by atoms with Gasteiger partial charge < -0.3 is 20.3 Å². The summed E-state index contributed by atoms with van der Waals surface area (Å²) in [4.78, 5) is 41.7. The summed E-state index contributed by atoms with van der Waals surface area (Å²) < 4.78 is 5.36. The number of carbonyl (C=O) groups is 3. The molecule has 194 valence electrons. The van der Waals surface area contributed by atoms with Gasteiger partial charge in [-0.15, -0.1) is 0 Å². The molecule has 2 aromatic carbocycles. The van der Waals surface area contributed by atoms with Gasteiger partial charge in [-0.25, -0.2) is 4.79 Å². The van der Waals surface area contributed by atoms with Crippen LogP contribution in [0, 0.1) is 12.8 Å². The molecule has 1 aliphatic carbocycles. The lowest BCUT2D eigenvalue weighted by molar-refractivity contribution is -0.143. The fraction of sp³-hybridized carbons (Fsp3) is 0.464. The Hall–Kier alpha value is -3.00. The zero-order valence-electron chi connectivity index (χ0n) is 21.7. The van der Waals surface area contributed by atoms with E-state index in [9.17, 15) is 14.4 Å². The lowest BCUT2D eigenvalue weighted by Gasteiger charge is -2.35. The van der Waals surface area contributed by atoms with Crippen LogP contribution in [0.2, 0.25) is 0 Å². The van der Waals surface area contributed by atoms with Crippen LogP contribution >= 0.6 is 12.6 Å². The number of amides is 3. The first-order valence-corrected chi connectivity index (χ1v) is 12.9. The van der Waals surface area contributed by atoms with Crippen molar-refractivity contribution in [1.82, 2.24) is 15.5 Å². The van der Waals surface area contributed by atoms with Gasteiger partial charge in [0.15, 0.2) is 0 Å². The van der Waals surface area contributed by atoms with E-state index in [1.165, 1.54) is 0 Å². The molecule has 3 rings (SSSR count). The number of alkyl carbamates (subject to hydrolysis) is 1. The molecule has 1 saturated carbocycles. The third-order valence-electron chi connectivity index (χ3n) is 6.04. The summed E-state index contributed by atoms with van der Waals surface area (Å²) in [5.74, 6) is -0.314. The van der Waals surface area contributed by atoms with Crippen LogP contribution in [0.3, 0.4) is 0 Å². The molecule has 3 amide bonds. The number of benzene rings is 2. The van der Waals surface area contributed by atoms with Crippen LogP contribution in [0.25, 0.3) is 0 Å². The van der Waals surface area contributed by atoms with Gasteiger partial charge in [0, 0.05) is 18.3 Å². The Labute approximate surface area is 219 Å². The minimum atomic E-state index is -0.940. The Morgan fingerprint density at radius 3 is 2.33 bits per heavy atom. The zero-order valence-corrected chi connectivity index (χ0v) is 22.5. The number of carbonyl (C=O) groups excluding carboxylic acids is 3. The maximum Gasteiger partial charge on any atom is 0.408 e. The zero-order chi connectivity index (χ0) is 26.5. The van der Waals surface area contributed by atoms with Crippen molar-refractivity contribution in [3.05, 3.63) is 71.3 Å². The molecule has 7 nitrogen and oxygen atoms in total. The standard InChI is InChI=1S/C28H37N3O4S/c1-18-10-9-13-21(14-18)24(25(32)29-16-20-11-7-6-8-12-20)31(23-15-19(23)2)26(33)22(17-36)30-27(34)35-28(3,4)5/h6-14,19,22-24,36H,15-17H2,1-5H3,(H,29,32)(H,30,34). The van der Waals surface area contributed by atoms with Gasteiger partial charge >= 0.3 is 6.09 Å². The number of thiol groups is 1. The quantitative estimate of drug-likeness (QED) is 0.435.